The largest absolute Gasteiger partial charge is 4.00 e. The molecule has 9 heteroatoms. The van der Waals surface area contributed by atoms with Crippen molar-refractivity contribution >= 4 is 73.0 Å². The number of aromatic nitrogens is 3. The molecule has 0 aliphatic carbocycles. The summed E-state index contributed by atoms with van der Waals surface area (Å²) in [5, 5.41) is 2.17. The molecule has 5 heterocycles. The van der Waals surface area contributed by atoms with Crippen LogP contribution in [-0.4, -0.2) is 15.8 Å². The van der Waals surface area contributed by atoms with Gasteiger partial charge in [-0.05, 0) is 92.1 Å². The van der Waals surface area contributed by atoms with Crippen LogP contribution < -0.4 is 40.1 Å². The van der Waals surface area contributed by atoms with Gasteiger partial charge in [-0.3, -0.25) is 4.57 Å². The third kappa shape index (κ3) is 7.28. The molecule has 0 spiro atoms. The van der Waals surface area contributed by atoms with Crippen LogP contribution in [0.3, 0.4) is 0 Å². The minimum absolute atomic E-state index is 0. The van der Waals surface area contributed by atoms with Gasteiger partial charge < -0.3 is 28.2 Å². The van der Waals surface area contributed by atoms with Gasteiger partial charge >= 0.3 is 21.1 Å². The summed E-state index contributed by atoms with van der Waals surface area (Å²) in [4.78, 5) is 2.33. The number of nitrogens with zero attached hydrogens (tertiary/aromatic N) is 4. The molecule has 380 valence electrons. The summed E-state index contributed by atoms with van der Waals surface area (Å²) in [6, 6.07) is 89.6. The van der Waals surface area contributed by atoms with Crippen molar-refractivity contribution in [2.75, 3.05) is 4.90 Å². The van der Waals surface area contributed by atoms with Crippen molar-refractivity contribution in [1.29, 1.82) is 0 Å². The number of imidazole rings is 1. The Bertz CT molecular complexity index is 4570. The van der Waals surface area contributed by atoms with Crippen LogP contribution in [0.25, 0.3) is 72.2 Å². The molecule has 3 aliphatic heterocycles. The predicted octanol–water partition coefficient (Wildman–Crippen LogP) is 15.1. The quantitative estimate of drug-likeness (QED) is 0.0864. The van der Waals surface area contributed by atoms with E-state index in [1.165, 1.54) is 5.56 Å². The summed E-state index contributed by atoms with van der Waals surface area (Å²) >= 11 is 0. The Morgan fingerprint density at radius 1 is 0.550 bits per heavy atom. The molecule has 0 amide bonds. The average molecular weight is 1210 g/mol. The summed E-state index contributed by atoms with van der Waals surface area (Å²) in [5.41, 5.74) is 17.9. The van der Waals surface area contributed by atoms with Crippen molar-refractivity contribution in [2.45, 2.75) is 26.2 Å². The topological polar surface area (TPSA) is 44.7 Å². The fourth-order valence-corrected chi connectivity index (χ4v) is 12.3. The van der Waals surface area contributed by atoms with Crippen LogP contribution in [0.2, 0.25) is 0 Å². The second-order valence-corrected chi connectivity index (χ2v) is 21.5. The monoisotopic (exact) mass is 1210 g/mol. The van der Waals surface area contributed by atoms with Crippen LogP contribution in [0, 0.1) is 24.5 Å². The third-order valence-corrected chi connectivity index (χ3v) is 15.9. The van der Waals surface area contributed by atoms with Crippen LogP contribution in [0.1, 0.15) is 26.3 Å². The molecular formula is C71H46BN4O3Pt+. The molecule has 11 aromatic carbocycles. The van der Waals surface area contributed by atoms with E-state index in [0.29, 0.717) is 28.7 Å². The molecule has 0 saturated heterocycles. The molecule has 0 fully saturated rings. The maximum Gasteiger partial charge on any atom is 4.00 e. The molecule has 7 nitrogen and oxygen atoms in total. The molecule has 3 aliphatic rings. The first-order valence-corrected chi connectivity index (χ1v) is 26.8. The Morgan fingerprint density at radius 2 is 1.16 bits per heavy atom. The number of benzene rings is 11. The van der Waals surface area contributed by atoms with E-state index in [2.05, 4.69) is 276 Å². The van der Waals surface area contributed by atoms with Crippen LogP contribution in [-0.2, 0) is 26.5 Å². The Balaban J connectivity index is 0.00000552. The van der Waals surface area contributed by atoms with Gasteiger partial charge in [0.05, 0.1) is 22.5 Å². The average Bonchev–Trinajstić information content (AvgIpc) is 3.77. The first-order chi connectivity index (χ1) is 38.8. The maximum absolute atomic E-state index is 7.41. The fraction of sp³-hybridized carbons (Fsp3) is 0.0563. The summed E-state index contributed by atoms with van der Waals surface area (Å²) in [7, 11) is 0. The number of anilines is 3. The maximum atomic E-state index is 7.41. The molecule has 16 rings (SSSR count). The van der Waals surface area contributed by atoms with Crippen molar-refractivity contribution in [2.24, 2.45) is 0 Å². The molecule has 0 saturated carbocycles. The number of rotatable bonds is 8. The van der Waals surface area contributed by atoms with Gasteiger partial charge in [0, 0.05) is 39.8 Å². The molecule has 0 radical (unpaired) electrons. The molecule has 0 bridgehead atoms. The molecule has 80 heavy (non-hydrogen) atoms. The van der Waals surface area contributed by atoms with Crippen molar-refractivity contribution in [3.63, 3.8) is 0 Å². The van der Waals surface area contributed by atoms with E-state index >= 15 is 0 Å². The predicted molar refractivity (Wildman–Crippen MR) is 317 cm³/mol. The molecule has 0 N–H and O–H groups in total. The number of ether oxygens (including phenoxy) is 3. The number of hydrogen-bond donors (Lipinski definition) is 0. The fourth-order valence-electron chi connectivity index (χ4n) is 12.3. The number of hydrogen-bond acceptors (Lipinski definition) is 4. The van der Waals surface area contributed by atoms with Crippen LogP contribution in [0.4, 0.5) is 17.1 Å². The molecule has 0 unspecified atom stereocenters. The van der Waals surface area contributed by atoms with Gasteiger partial charge in [-0.25, -0.2) is 0 Å². The van der Waals surface area contributed by atoms with Crippen LogP contribution in [0.5, 0.6) is 34.5 Å². The van der Waals surface area contributed by atoms with Crippen molar-refractivity contribution in [3.05, 3.63) is 255 Å². The van der Waals surface area contributed by atoms with Crippen molar-refractivity contribution in [1.82, 2.24) is 9.13 Å². The third-order valence-electron chi connectivity index (χ3n) is 15.9. The SMILES string of the molecule is CC(C)(C)c1cc[c-]c(-n2c3[c-]c(Oc4[c-]c(-n5[c-][n+](-c6c(-c7ccccc7)cccc6-c6ccccc6)c6ccccc65)c5c6c4Oc4cccc7c4B6c4c(cccc4N7c4ccccc4)O5)ccc3c3ccccc32)c1.[Pt+4]. The standard InChI is InChI=1S/C71H46BN4O3.Pt/c1-71(2,3)47-25-17-28-49(41-47)76-55-32-14-13-29-53(55)54-40-39-50(42-60(54)76)77-64-43-61(69-67-70(64)79-63-38-20-36-59-66(63)72(67)65-58(35-19-37-62(65)78-69)75(59)48-26-11-6-12-27-48)73-44-74(57-34-16-15-33-56(57)73)68-51(45-21-7-4-8-22-45)30-18-31-52(68)46-23-9-5-10-24-46;/h4-27,29-41H,1-3H3;/q-3;+4. The molecular weight excluding hydrogens is 1160 g/mol. The second-order valence-electron chi connectivity index (χ2n) is 21.5. The molecule has 2 aromatic heterocycles. The summed E-state index contributed by atoms with van der Waals surface area (Å²) in [5.74, 6) is 3.55. The molecule has 13 aromatic rings. The van der Waals surface area contributed by atoms with E-state index < -0.39 is 0 Å². The minimum Gasteiger partial charge on any atom is -0.521 e. The van der Waals surface area contributed by atoms with Gasteiger partial charge in [-0.2, -0.15) is 29.8 Å². The Labute approximate surface area is 478 Å². The number of fused-ring (bicyclic) bond motifs is 4. The summed E-state index contributed by atoms with van der Waals surface area (Å²) < 4.78 is 28.5. The zero-order valence-corrected chi connectivity index (χ0v) is 46.0. The van der Waals surface area contributed by atoms with E-state index in [9.17, 15) is 0 Å². The van der Waals surface area contributed by atoms with E-state index in [0.717, 1.165) is 111 Å². The van der Waals surface area contributed by atoms with E-state index in [1.807, 2.05) is 12.1 Å². The van der Waals surface area contributed by atoms with E-state index in [-0.39, 0.29) is 33.2 Å². The van der Waals surface area contributed by atoms with Gasteiger partial charge in [0.25, 0.3) is 6.33 Å². The van der Waals surface area contributed by atoms with Gasteiger partial charge in [-0.1, -0.05) is 189 Å². The summed E-state index contributed by atoms with van der Waals surface area (Å²) in [6.45, 7) is 6.43. The zero-order chi connectivity index (χ0) is 52.5. The van der Waals surface area contributed by atoms with Crippen molar-refractivity contribution < 1.29 is 39.8 Å². The smallest absolute Gasteiger partial charge is 0.521 e. The van der Waals surface area contributed by atoms with Gasteiger partial charge in [0.1, 0.15) is 11.5 Å². The normalized spacial score (nSPS) is 12.7. The number of para-hydroxylation sites is 5. The Hall–Kier alpha value is -9.36. The second kappa shape index (κ2) is 18.4. The first-order valence-electron chi connectivity index (χ1n) is 26.8. The Morgan fingerprint density at radius 3 is 1.85 bits per heavy atom. The zero-order valence-electron chi connectivity index (χ0n) is 43.8. The minimum atomic E-state index is -0.294. The van der Waals surface area contributed by atoms with Crippen LogP contribution in [0.15, 0.2) is 224 Å². The Kier molecular flexibility index (Phi) is 11.0. The molecule has 0 atom stereocenters. The summed E-state index contributed by atoms with van der Waals surface area (Å²) in [6.07, 6.45) is 3.93. The van der Waals surface area contributed by atoms with Gasteiger partial charge in [0.2, 0.25) is 6.71 Å². The first kappa shape index (κ1) is 47.8. The van der Waals surface area contributed by atoms with Crippen LogP contribution >= 0.6 is 0 Å². The van der Waals surface area contributed by atoms with Crippen molar-refractivity contribution in [3.8, 4) is 73.8 Å². The van der Waals surface area contributed by atoms with E-state index in [1.54, 1.807) is 0 Å². The van der Waals surface area contributed by atoms with Gasteiger partial charge in [-0.15, -0.1) is 29.7 Å². The van der Waals surface area contributed by atoms with E-state index in [4.69, 9.17) is 14.2 Å². The van der Waals surface area contributed by atoms with Gasteiger partial charge in [0.15, 0.2) is 0 Å².